The number of nitrogens with zero attached hydrogens (tertiary/aromatic N) is 4. The maximum Gasteiger partial charge on any atom is 0.0754 e. The van der Waals surface area contributed by atoms with Gasteiger partial charge in [0.1, 0.15) is 0 Å². The average Bonchev–Trinajstić information content (AvgIpc) is 4.01. The van der Waals surface area contributed by atoms with E-state index in [0.29, 0.717) is 0 Å². The summed E-state index contributed by atoms with van der Waals surface area (Å²) in [4.78, 5) is 22.3. The van der Waals surface area contributed by atoms with Crippen LogP contribution < -0.4 is 0 Å². The summed E-state index contributed by atoms with van der Waals surface area (Å²) >= 11 is 0. The van der Waals surface area contributed by atoms with E-state index < -0.39 is 0 Å². The van der Waals surface area contributed by atoms with Crippen molar-refractivity contribution in [3.05, 3.63) is 166 Å². The molecule has 1 aliphatic carbocycles. The van der Waals surface area contributed by atoms with Crippen LogP contribution in [0.4, 0.5) is 22.7 Å². The Hall–Kier alpha value is -6.52. The van der Waals surface area contributed by atoms with Crippen molar-refractivity contribution in [1.29, 1.82) is 0 Å². The lowest BCUT2D eigenvalue weighted by Crippen LogP contribution is -2.13. The highest BCUT2D eigenvalue weighted by atomic mass is 14.9. The Labute approximate surface area is 299 Å². The first kappa shape index (κ1) is 27.2. The van der Waals surface area contributed by atoms with Gasteiger partial charge in [-0.25, -0.2) is 0 Å². The van der Waals surface area contributed by atoms with Gasteiger partial charge < -0.3 is 0 Å². The number of aliphatic imine (C=N–C) groups is 4. The predicted molar refractivity (Wildman–Crippen MR) is 215 cm³/mol. The third kappa shape index (κ3) is 3.51. The van der Waals surface area contributed by atoms with Gasteiger partial charge in [0, 0.05) is 69.5 Å². The van der Waals surface area contributed by atoms with Crippen LogP contribution in [0.2, 0.25) is 0 Å². The largest absolute Gasteiger partial charge is 0.251 e. The fourth-order valence-electron chi connectivity index (χ4n) is 9.73. The second-order valence-electron chi connectivity index (χ2n) is 14.8. The molecule has 8 aromatic carbocycles. The predicted octanol–water partition coefficient (Wildman–Crippen LogP) is 11.3. The molecule has 0 radical (unpaired) electrons. The molecular weight excluding hydrogens is 633 g/mol. The minimum atomic E-state index is 0.761. The van der Waals surface area contributed by atoms with Crippen molar-refractivity contribution < 1.29 is 0 Å². The molecule has 0 aromatic heterocycles. The monoisotopic (exact) mass is 660 g/mol. The molecule has 0 N–H and O–H groups in total. The Kier molecular flexibility index (Phi) is 5.04. The summed E-state index contributed by atoms with van der Waals surface area (Å²) in [7, 11) is 0. The van der Waals surface area contributed by atoms with Crippen LogP contribution in [-0.2, 0) is 25.7 Å². The first-order valence-electron chi connectivity index (χ1n) is 18.2. The lowest BCUT2D eigenvalue weighted by molar-refractivity contribution is 1.30. The Morgan fingerprint density at radius 3 is 0.769 bits per heavy atom. The fraction of sp³-hybridized carbons (Fsp3) is 0.0833. The van der Waals surface area contributed by atoms with E-state index in [1.54, 1.807) is 0 Å². The zero-order chi connectivity index (χ0) is 33.7. The standard InChI is InChI=1S/C48H28N4/c1-5-13-29-25(9-1)17-33-37-21-42(49-45(29)37)34-18-26-10-3-7-15-31(26)47-39(34)23-44(52-47)36-20-28-12-4-8-16-32(28)48-40(36)24-43(51-48)35-19-27-11-2-6-14-30(27)46-38(35)22-41(33)50-46/h1-20H,21-24H2. The molecule has 240 valence electrons. The number of fused-ring (bicyclic) bond motifs is 16. The molecule has 52 heavy (non-hydrogen) atoms. The van der Waals surface area contributed by atoms with Crippen molar-refractivity contribution >= 4 is 88.7 Å². The molecule has 0 saturated heterocycles. The van der Waals surface area contributed by atoms with Gasteiger partial charge in [-0.1, -0.05) is 97.1 Å². The third-order valence-corrected chi connectivity index (χ3v) is 12.1. The van der Waals surface area contributed by atoms with Crippen LogP contribution in [0.15, 0.2) is 141 Å². The molecule has 4 heterocycles. The van der Waals surface area contributed by atoms with E-state index in [0.717, 1.165) is 71.3 Å². The van der Waals surface area contributed by atoms with Gasteiger partial charge in [0.15, 0.2) is 0 Å². The number of rotatable bonds is 0. The summed E-state index contributed by atoms with van der Waals surface area (Å²) in [6.45, 7) is 0. The van der Waals surface area contributed by atoms with Crippen molar-refractivity contribution in [2.75, 3.05) is 0 Å². The maximum absolute atomic E-state index is 5.56. The highest BCUT2D eigenvalue weighted by molar-refractivity contribution is 6.25. The normalized spacial score (nSPS) is 15.8. The molecule has 4 heteroatoms. The molecule has 0 unspecified atom stereocenters. The van der Waals surface area contributed by atoms with Crippen molar-refractivity contribution in [2.45, 2.75) is 25.7 Å². The van der Waals surface area contributed by atoms with Crippen molar-refractivity contribution in [3.8, 4) is 0 Å². The van der Waals surface area contributed by atoms with Crippen LogP contribution >= 0.6 is 0 Å². The molecule has 4 aliphatic heterocycles. The van der Waals surface area contributed by atoms with Crippen LogP contribution in [0.1, 0.15) is 44.5 Å². The summed E-state index contributed by atoms with van der Waals surface area (Å²) in [5, 5.41) is 9.59. The van der Waals surface area contributed by atoms with Gasteiger partial charge in [0.05, 0.1) is 45.6 Å². The first-order valence-corrected chi connectivity index (χ1v) is 18.2. The quantitative estimate of drug-likeness (QED) is 0.155. The highest BCUT2D eigenvalue weighted by Gasteiger charge is 2.34. The van der Waals surface area contributed by atoms with E-state index in [1.165, 1.54) is 87.6 Å². The van der Waals surface area contributed by atoms with Crippen LogP contribution in [0, 0.1) is 0 Å². The van der Waals surface area contributed by atoms with E-state index >= 15 is 0 Å². The molecule has 0 fully saturated rings. The van der Waals surface area contributed by atoms with Gasteiger partial charge in [-0.3, -0.25) is 20.0 Å². The van der Waals surface area contributed by atoms with Crippen LogP contribution in [0.3, 0.4) is 0 Å². The second kappa shape index (κ2) is 9.62. The van der Waals surface area contributed by atoms with Gasteiger partial charge in [-0.2, -0.15) is 0 Å². The SMILES string of the molecule is c1ccc2c3c4c(cc2c1)C1=Nc2c(c(cc5ccccc25)C2=Nc5c(c(cc6ccccc56)C5=Nc6c(c(cc7ccccc67)C(=N3)C4)C5)C2)C1. The molecule has 8 aromatic rings. The van der Waals surface area contributed by atoms with Gasteiger partial charge in [-0.05, 0) is 68.1 Å². The lowest BCUT2D eigenvalue weighted by Gasteiger charge is -2.14. The molecule has 5 aliphatic rings. The lowest BCUT2D eigenvalue weighted by atomic mass is 9.86. The first-order chi connectivity index (χ1) is 25.7. The summed E-state index contributed by atoms with van der Waals surface area (Å²) < 4.78 is 0. The molecule has 0 saturated carbocycles. The Balaban J connectivity index is 1.16. The molecule has 8 bridgehead atoms. The summed E-state index contributed by atoms with van der Waals surface area (Å²) in [6, 6.07) is 44.3. The van der Waals surface area contributed by atoms with Crippen LogP contribution in [0.25, 0.3) is 43.1 Å². The molecule has 4 nitrogen and oxygen atoms in total. The van der Waals surface area contributed by atoms with E-state index in [2.05, 4.69) is 121 Å². The molecular formula is C48H28N4. The Morgan fingerprint density at radius 1 is 0.288 bits per heavy atom. The summed E-state index contributed by atoms with van der Waals surface area (Å²) in [5.74, 6) is 0. The highest BCUT2D eigenvalue weighted by Crippen LogP contribution is 2.48. The van der Waals surface area contributed by atoms with Crippen molar-refractivity contribution in [1.82, 2.24) is 0 Å². The maximum atomic E-state index is 5.56. The molecule has 0 atom stereocenters. The smallest absolute Gasteiger partial charge is 0.0754 e. The van der Waals surface area contributed by atoms with E-state index in [9.17, 15) is 0 Å². The van der Waals surface area contributed by atoms with Gasteiger partial charge in [0.2, 0.25) is 0 Å². The number of hydrogen-bond acceptors (Lipinski definition) is 4. The molecule has 13 rings (SSSR count). The van der Waals surface area contributed by atoms with Crippen LogP contribution in [0.5, 0.6) is 0 Å². The summed E-state index contributed by atoms with van der Waals surface area (Å²) in [6.07, 6.45) is 3.04. The zero-order valence-electron chi connectivity index (χ0n) is 28.2. The van der Waals surface area contributed by atoms with Crippen molar-refractivity contribution in [2.24, 2.45) is 20.0 Å². The minimum Gasteiger partial charge on any atom is -0.251 e. The topological polar surface area (TPSA) is 49.4 Å². The van der Waals surface area contributed by atoms with Crippen LogP contribution in [-0.4, -0.2) is 22.8 Å². The Bertz CT molecular complexity index is 2740. The van der Waals surface area contributed by atoms with Gasteiger partial charge in [0.25, 0.3) is 0 Å². The average molecular weight is 661 g/mol. The molecule has 0 amide bonds. The van der Waals surface area contributed by atoms with E-state index in [4.69, 9.17) is 20.0 Å². The third-order valence-electron chi connectivity index (χ3n) is 12.1. The summed E-state index contributed by atoms with van der Waals surface area (Å²) in [5.41, 5.74) is 18.8. The number of benzene rings is 8. The van der Waals surface area contributed by atoms with E-state index in [1.807, 2.05) is 0 Å². The van der Waals surface area contributed by atoms with Gasteiger partial charge in [-0.15, -0.1) is 0 Å². The van der Waals surface area contributed by atoms with Gasteiger partial charge >= 0.3 is 0 Å². The molecule has 0 spiro atoms. The number of hydrogen-bond donors (Lipinski definition) is 0. The fourth-order valence-corrected chi connectivity index (χ4v) is 9.73. The van der Waals surface area contributed by atoms with Crippen molar-refractivity contribution in [3.63, 3.8) is 0 Å². The minimum absolute atomic E-state index is 0.761. The zero-order valence-corrected chi connectivity index (χ0v) is 28.2. The second-order valence-corrected chi connectivity index (χ2v) is 14.8. The van der Waals surface area contributed by atoms with E-state index in [-0.39, 0.29) is 0 Å². The Morgan fingerprint density at radius 2 is 0.519 bits per heavy atom.